The third-order valence-electron chi connectivity index (χ3n) is 6.55. The summed E-state index contributed by atoms with van der Waals surface area (Å²) in [6, 6.07) is 11.0. The number of rotatable bonds is 11. The van der Waals surface area contributed by atoms with E-state index in [0.717, 1.165) is 70.2 Å². The quantitative estimate of drug-likeness (QED) is 0.459. The molecular weight excluding hydrogens is 434 g/mol. The van der Waals surface area contributed by atoms with Crippen LogP contribution in [0.5, 0.6) is 11.5 Å². The van der Waals surface area contributed by atoms with E-state index in [4.69, 9.17) is 21.1 Å². The predicted octanol–water partition coefficient (Wildman–Crippen LogP) is 5.10. The number of halogens is 1. The van der Waals surface area contributed by atoms with E-state index in [-0.39, 0.29) is 0 Å². The summed E-state index contributed by atoms with van der Waals surface area (Å²) in [6.07, 6.45) is 2.09. The van der Waals surface area contributed by atoms with Crippen molar-refractivity contribution in [3.05, 3.63) is 52.0 Å². The number of methoxy groups -OCH3 is 1. The number of hydrogen-bond donors (Lipinski definition) is 1. The van der Waals surface area contributed by atoms with Crippen LogP contribution in [0.2, 0.25) is 5.02 Å². The monoisotopic (exact) mass is 473 g/mol. The average molecular weight is 474 g/mol. The number of benzene rings is 2. The third kappa shape index (κ3) is 7.26. The number of ether oxygens (including phenoxy) is 2. The Morgan fingerprint density at radius 1 is 1.00 bits per heavy atom. The lowest BCUT2D eigenvalue weighted by Gasteiger charge is -2.36. The summed E-state index contributed by atoms with van der Waals surface area (Å²) >= 11 is 6.18. The molecule has 33 heavy (non-hydrogen) atoms. The van der Waals surface area contributed by atoms with Crippen molar-refractivity contribution >= 4 is 17.3 Å². The summed E-state index contributed by atoms with van der Waals surface area (Å²) in [7, 11) is 1.66. The van der Waals surface area contributed by atoms with Crippen molar-refractivity contribution in [1.29, 1.82) is 0 Å². The molecule has 0 bridgehead atoms. The number of hydrogen-bond acceptors (Lipinski definition) is 5. The molecule has 0 unspecified atom stereocenters. The lowest BCUT2D eigenvalue weighted by atomic mass is 9.99. The largest absolute Gasteiger partial charge is 0.495 e. The van der Waals surface area contributed by atoms with Gasteiger partial charge in [-0.3, -0.25) is 4.90 Å². The van der Waals surface area contributed by atoms with Gasteiger partial charge in [0, 0.05) is 50.5 Å². The maximum Gasteiger partial charge on any atom is 0.139 e. The van der Waals surface area contributed by atoms with Crippen molar-refractivity contribution in [3.8, 4) is 11.5 Å². The molecule has 3 rings (SSSR count). The molecule has 182 valence electrons. The Bertz CT molecular complexity index is 895. The molecule has 6 heteroatoms. The van der Waals surface area contributed by atoms with Crippen LogP contribution in [0.25, 0.3) is 0 Å². The molecule has 0 saturated carbocycles. The number of nitrogens with one attached hydrogen (secondary N) is 1. The number of nitrogens with zero attached hydrogens (tertiary/aromatic N) is 2. The summed E-state index contributed by atoms with van der Waals surface area (Å²) in [4.78, 5) is 4.97. The van der Waals surface area contributed by atoms with Crippen LogP contribution in [0.3, 0.4) is 0 Å². The Labute approximate surface area is 205 Å². The highest BCUT2D eigenvalue weighted by molar-refractivity contribution is 6.32. The minimum Gasteiger partial charge on any atom is -0.495 e. The topological polar surface area (TPSA) is 37.0 Å². The van der Waals surface area contributed by atoms with Gasteiger partial charge in [0.25, 0.3) is 0 Å². The van der Waals surface area contributed by atoms with Crippen LogP contribution >= 0.6 is 11.6 Å². The van der Waals surface area contributed by atoms with Gasteiger partial charge in [-0.25, -0.2) is 0 Å². The average Bonchev–Trinajstić information content (AvgIpc) is 2.81. The Morgan fingerprint density at radius 2 is 1.76 bits per heavy atom. The Balaban J connectivity index is 1.46. The van der Waals surface area contributed by atoms with Crippen molar-refractivity contribution < 1.29 is 9.47 Å². The standard InChI is InChI=1S/C27H40ClN3O2/c1-20(2)29-12-6-18-33-26-10-7-23(21(3)22(26)4)11-13-30-14-16-31(17-15-30)24-8-9-25(28)27(19-24)32-5/h7-10,19-20,29H,6,11-18H2,1-5H3. The Morgan fingerprint density at radius 3 is 2.45 bits per heavy atom. The van der Waals surface area contributed by atoms with Gasteiger partial charge in [-0.2, -0.15) is 0 Å². The molecule has 0 spiro atoms. The first-order valence-electron chi connectivity index (χ1n) is 12.1. The fourth-order valence-corrected chi connectivity index (χ4v) is 4.47. The second-order valence-electron chi connectivity index (χ2n) is 9.18. The molecule has 5 nitrogen and oxygen atoms in total. The molecule has 2 aromatic rings. The highest BCUT2D eigenvalue weighted by Gasteiger charge is 2.18. The minimum absolute atomic E-state index is 0.525. The summed E-state index contributed by atoms with van der Waals surface area (Å²) in [5.41, 5.74) is 5.23. The minimum atomic E-state index is 0.525. The van der Waals surface area contributed by atoms with Crippen molar-refractivity contribution in [3.63, 3.8) is 0 Å². The first kappa shape index (κ1) is 25.7. The van der Waals surface area contributed by atoms with E-state index >= 15 is 0 Å². The molecular formula is C27H40ClN3O2. The number of anilines is 1. The van der Waals surface area contributed by atoms with Crippen LogP contribution < -0.4 is 19.7 Å². The van der Waals surface area contributed by atoms with Gasteiger partial charge in [-0.1, -0.05) is 31.5 Å². The van der Waals surface area contributed by atoms with Gasteiger partial charge < -0.3 is 19.7 Å². The Hall–Kier alpha value is -1.95. The predicted molar refractivity (Wildman–Crippen MR) is 140 cm³/mol. The maximum atomic E-state index is 6.18. The van der Waals surface area contributed by atoms with Gasteiger partial charge in [-0.15, -0.1) is 0 Å². The molecule has 1 fully saturated rings. The fourth-order valence-electron chi connectivity index (χ4n) is 4.28. The lowest BCUT2D eigenvalue weighted by Crippen LogP contribution is -2.47. The van der Waals surface area contributed by atoms with E-state index in [1.54, 1.807) is 7.11 Å². The normalized spacial score (nSPS) is 14.7. The molecule has 1 N–H and O–H groups in total. The first-order valence-corrected chi connectivity index (χ1v) is 12.5. The van der Waals surface area contributed by atoms with Gasteiger partial charge >= 0.3 is 0 Å². The molecule has 0 atom stereocenters. The molecule has 1 heterocycles. The van der Waals surface area contributed by atoms with Gasteiger partial charge in [0.2, 0.25) is 0 Å². The molecule has 1 aliphatic rings. The van der Waals surface area contributed by atoms with Crippen LogP contribution in [0, 0.1) is 13.8 Å². The van der Waals surface area contributed by atoms with Crippen LogP contribution in [0.4, 0.5) is 5.69 Å². The molecule has 1 aliphatic heterocycles. The summed E-state index contributed by atoms with van der Waals surface area (Å²) in [5.74, 6) is 1.76. The molecule has 0 aliphatic carbocycles. The third-order valence-corrected chi connectivity index (χ3v) is 6.86. The Kier molecular flexibility index (Phi) is 9.72. The van der Waals surface area contributed by atoms with Gasteiger partial charge in [0.15, 0.2) is 0 Å². The molecule has 1 saturated heterocycles. The van der Waals surface area contributed by atoms with E-state index in [0.29, 0.717) is 11.1 Å². The molecule has 0 aromatic heterocycles. The van der Waals surface area contributed by atoms with E-state index in [9.17, 15) is 0 Å². The SMILES string of the molecule is COc1cc(N2CCN(CCc3ccc(OCCCNC(C)C)c(C)c3C)CC2)ccc1Cl. The summed E-state index contributed by atoms with van der Waals surface area (Å²) < 4.78 is 11.4. The molecule has 0 radical (unpaired) electrons. The van der Waals surface area contributed by atoms with Crippen molar-refractivity contribution in [2.75, 3.05) is 57.9 Å². The zero-order chi connectivity index (χ0) is 23.8. The first-order chi connectivity index (χ1) is 15.9. The summed E-state index contributed by atoms with van der Waals surface area (Å²) in [6.45, 7) is 15.7. The second kappa shape index (κ2) is 12.5. The van der Waals surface area contributed by atoms with Gasteiger partial charge in [0.05, 0.1) is 18.7 Å². The zero-order valence-electron chi connectivity index (χ0n) is 20.9. The van der Waals surface area contributed by atoms with E-state index in [1.807, 2.05) is 12.1 Å². The van der Waals surface area contributed by atoms with Gasteiger partial charge in [-0.05, 0) is 68.1 Å². The summed E-state index contributed by atoms with van der Waals surface area (Å²) in [5, 5.41) is 4.09. The van der Waals surface area contributed by atoms with Crippen LogP contribution in [0.1, 0.15) is 37.0 Å². The maximum absolute atomic E-state index is 6.18. The van der Waals surface area contributed by atoms with E-state index in [1.165, 1.54) is 22.4 Å². The van der Waals surface area contributed by atoms with Crippen LogP contribution in [-0.4, -0.2) is 63.9 Å². The molecule has 0 amide bonds. The van der Waals surface area contributed by atoms with E-state index < -0.39 is 0 Å². The second-order valence-corrected chi connectivity index (χ2v) is 9.59. The van der Waals surface area contributed by atoms with Gasteiger partial charge in [0.1, 0.15) is 11.5 Å². The highest BCUT2D eigenvalue weighted by atomic mass is 35.5. The van der Waals surface area contributed by atoms with E-state index in [2.05, 4.69) is 61.0 Å². The van der Waals surface area contributed by atoms with Crippen LogP contribution in [0.15, 0.2) is 30.3 Å². The van der Waals surface area contributed by atoms with Crippen molar-refractivity contribution in [2.24, 2.45) is 0 Å². The smallest absolute Gasteiger partial charge is 0.139 e. The zero-order valence-corrected chi connectivity index (χ0v) is 21.7. The highest BCUT2D eigenvalue weighted by Crippen LogP contribution is 2.30. The van der Waals surface area contributed by atoms with Crippen LogP contribution in [-0.2, 0) is 6.42 Å². The fraction of sp³-hybridized carbons (Fsp3) is 0.556. The van der Waals surface area contributed by atoms with Crippen molar-refractivity contribution in [2.45, 2.75) is 46.6 Å². The van der Waals surface area contributed by atoms with Crippen molar-refractivity contribution in [1.82, 2.24) is 10.2 Å². The lowest BCUT2D eigenvalue weighted by molar-refractivity contribution is 0.260. The number of piperazine rings is 1. The molecule has 2 aromatic carbocycles.